The molecule has 2 aromatic heterocycles. The molecule has 4 rings (SSSR count). The van der Waals surface area contributed by atoms with Crippen molar-refractivity contribution in [1.29, 1.82) is 0 Å². The molecule has 1 saturated heterocycles. The van der Waals surface area contributed by atoms with E-state index in [2.05, 4.69) is 9.88 Å². The SMILES string of the molecule is CC(=O)c1ccc(N2CCN(C(=O)c3cn4cc(C)ccc4n3)CC2)cc1. The molecule has 3 aromatic rings. The highest BCUT2D eigenvalue weighted by Gasteiger charge is 2.24. The highest BCUT2D eigenvalue weighted by atomic mass is 16.2. The molecule has 0 radical (unpaired) electrons. The summed E-state index contributed by atoms with van der Waals surface area (Å²) >= 11 is 0. The number of rotatable bonds is 3. The van der Waals surface area contributed by atoms with Crippen molar-refractivity contribution < 1.29 is 9.59 Å². The molecule has 0 saturated carbocycles. The Bertz CT molecular complexity index is 999. The van der Waals surface area contributed by atoms with Crippen LogP contribution in [0.3, 0.4) is 0 Å². The van der Waals surface area contributed by atoms with E-state index in [-0.39, 0.29) is 11.7 Å². The predicted molar refractivity (Wildman–Crippen MR) is 104 cm³/mol. The van der Waals surface area contributed by atoms with Gasteiger partial charge < -0.3 is 14.2 Å². The number of carbonyl (C=O) groups is 2. The van der Waals surface area contributed by atoms with Crippen molar-refractivity contribution in [2.45, 2.75) is 13.8 Å². The standard InChI is InChI=1S/C21H22N4O2/c1-15-3-8-20-22-19(14-25(20)13-15)21(27)24-11-9-23(10-12-24)18-6-4-17(5-7-18)16(2)26/h3-8,13-14H,9-12H2,1-2H3. The molecular formula is C21H22N4O2. The topological polar surface area (TPSA) is 57.9 Å². The first-order valence-corrected chi connectivity index (χ1v) is 9.12. The van der Waals surface area contributed by atoms with E-state index in [1.165, 1.54) is 0 Å². The summed E-state index contributed by atoms with van der Waals surface area (Å²) in [5.41, 5.74) is 4.20. The average Bonchev–Trinajstić information content (AvgIpc) is 3.11. The van der Waals surface area contributed by atoms with Gasteiger partial charge in [0.25, 0.3) is 5.91 Å². The number of hydrogen-bond donors (Lipinski definition) is 0. The Kier molecular flexibility index (Phi) is 4.39. The van der Waals surface area contributed by atoms with Crippen LogP contribution in [0.15, 0.2) is 48.8 Å². The zero-order valence-electron chi connectivity index (χ0n) is 15.6. The number of nitrogens with zero attached hydrogens (tertiary/aromatic N) is 4. The minimum atomic E-state index is -0.0251. The Morgan fingerprint density at radius 3 is 2.30 bits per heavy atom. The summed E-state index contributed by atoms with van der Waals surface area (Å²) in [4.78, 5) is 32.8. The third kappa shape index (κ3) is 3.43. The van der Waals surface area contributed by atoms with Crippen LogP contribution in [0.2, 0.25) is 0 Å². The van der Waals surface area contributed by atoms with Gasteiger partial charge in [0.05, 0.1) is 0 Å². The van der Waals surface area contributed by atoms with Crippen molar-refractivity contribution in [2.24, 2.45) is 0 Å². The average molecular weight is 362 g/mol. The number of pyridine rings is 1. The number of aryl methyl sites for hydroxylation is 1. The fraction of sp³-hybridized carbons (Fsp3) is 0.286. The summed E-state index contributed by atoms with van der Waals surface area (Å²) < 4.78 is 1.90. The Labute approximate surface area is 158 Å². The molecule has 138 valence electrons. The Morgan fingerprint density at radius 2 is 1.63 bits per heavy atom. The second-order valence-electron chi connectivity index (χ2n) is 6.98. The van der Waals surface area contributed by atoms with E-state index in [4.69, 9.17) is 0 Å². The van der Waals surface area contributed by atoms with E-state index in [0.29, 0.717) is 18.8 Å². The van der Waals surface area contributed by atoms with Crippen LogP contribution in [0.4, 0.5) is 5.69 Å². The first-order chi connectivity index (χ1) is 13.0. The van der Waals surface area contributed by atoms with E-state index >= 15 is 0 Å². The molecule has 0 spiro atoms. The minimum absolute atomic E-state index is 0.0251. The van der Waals surface area contributed by atoms with Crippen molar-refractivity contribution in [3.05, 3.63) is 65.6 Å². The number of piperazine rings is 1. The first kappa shape index (κ1) is 17.3. The maximum atomic E-state index is 12.8. The maximum Gasteiger partial charge on any atom is 0.274 e. The third-order valence-corrected chi connectivity index (χ3v) is 5.02. The molecule has 0 bridgehead atoms. The van der Waals surface area contributed by atoms with Crippen molar-refractivity contribution in [3.63, 3.8) is 0 Å². The van der Waals surface area contributed by atoms with Crippen LogP contribution in [-0.4, -0.2) is 52.2 Å². The number of aromatic nitrogens is 2. The number of Topliss-reactive ketones (excluding diaryl/α,β-unsaturated/α-hetero) is 1. The number of carbonyl (C=O) groups excluding carboxylic acids is 2. The van der Waals surface area contributed by atoms with Crippen molar-refractivity contribution >= 4 is 23.0 Å². The fourth-order valence-corrected chi connectivity index (χ4v) is 3.44. The molecular weight excluding hydrogens is 340 g/mol. The van der Waals surface area contributed by atoms with E-state index in [0.717, 1.165) is 35.6 Å². The highest BCUT2D eigenvalue weighted by molar-refractivity contribution is 5.94. The molecule has 1 aliphatic rings. The van der Waals surface area contributed by atoms with Gasteiger partial charge >= 0.3 is 0 Å². The highest BCUT2D eigenvalue weighted by Crippen LogP contribution is 2.19. The van der Waals surface area contributed by atoms with Gasteiger partial charge in [0.2, 0.25) is 0 Å². The Hall–Kier alpha value is -3.15. The van der Waals surface area contributed by atoms with Crippen molar-refractivity contribution in [1.82, 2.24) is 14.3 Å². The predicted octanol–water partition coefficient (Wildman–Crippen LogP) is 2.81. The lowest BCUT2D eigenvalue weighted by Gasteiger charge is -2.35. The Balaban J connectivity index is 1.43. The molecule has 6 heteroatoms. The molecule has 1 fully saturated rings. The number of amides is 1. The monoisotopic (exact) mass is 362 g/mol. The molecule has 0 atom stereocenters. The smallest absolute Gasteiger partial charge is 0.274 e. The summed E-state index contributed by atoms with van der Waals surface area (Å²) in [5, 5.41) is 0. The third-order valence-electron chi connectivity index (χ3n) is 5.02. The summed E-state index contributed by atoms with van der Waals surface area (Å²) in [5.74, 6) is 0.0440. The van der Waals surface area contributed by atoms with E-state index < -0.39 is 0 Å². The first-order valence-electron chi connectivity index (χ1n) is 9.12. The molecule has 0 aliphatic carbocycles. The van der Waals surface area contributed by atoms with Gasteiger partial charge in [-0.2, -0.15) is 0 Å². The van der Waals surface area contributed by atoms with Crippen LogP contribution >= 0.6 is 0 Å². The van der Waals surface area contributed by atoms with Crippen LogP contribution in [-0.2, 0) is 0 Å². The quantitative estimate of drug-likeness (QED) is 0.673. The van der Waals surface area contributed by atoms with Gasteiger partial charge in [-0.15, -0.1) is 0 Å². The van der Waals surface area contributed by atoms with Crippen LogP contribution in [0.5, 0.6) is 0 Å². The van der Waals surface area contributed by atoms with Crippen LogP contribution < -0.4 is 4.90 Å². The second-order valence-corrected chi connectivity index (χ2v) is 6.98. The van der Waals surface area contributed by atoms with E-state index in [9.17, 15) is 9.59 Å². The van der Waals surface area contributed by atoms with Crippen LogP contribution in [0.25, 0.3) is 5.65 Å². The summed E-state index contributed by atoms with van der Waals surface area (Å²) in [6.07, 6.45) is 3.78. The number of anilines is 1. The molecule has 1 amide bonds. The normalized spacial score (nSPS) is 14.6. The number of ketones is 1. The zero-order valence-corrected chi connectivity index (χ0v) is 15.6. The number of benzene rings is 1. The van der Waals surface area contributed by atoms with Crippen LogP contribution in [0, 0.1) is 6.92 Å². The van der Waals surface area contributed by atoms with Gasteiger partial charge in [-0.1, -0.05) is 6.07 Å². The number of hydrogen-bond acceptors (Lipinski definition) is 4. The molecule has 0 unspecified atom stereocenters. The van der Waals surface area contributed by atoms with Gasteiger partial charge in [-0.3, -0.25) is 9.59 Å². The van der Waals surface area contributed by atoms with Crippen LogP contribution in [0.1, 0.15) is 33.3 Å². The van der Waals surface area contributed by atoms with Crippen molar-refractivity contribution in [2.75, 3.05) is 31.1 Å². The molecule has 0 N–H and O–H groups in total. The van der Waals surface area contributed by atoms with Gasteiger partial charge in [0.15, 0.2) is 5.78 Å². The summed E-state index contributed by atoms with van der Waals surface area (Å²) in [6, 6.07) is 11.6. The van der Waals surface area contributed by atoms with Crippen molar-refractivity contribution in [3.8, 4) is 0 Å². The van der Waals surface area contributed by atoms with E-state index in [1.807, 2.05) is 58.8 Å². The zero-order chi connectivity index (χ0) is 19.0. The fourth-order valence-electron chi connectivity index (χ4n) is 3.44. The number of imidazole rings is 1. The largest absolute Gasteiger partial charge is 0.368 e. The van der Waals surface area contributed by atoms with Gasteiger partial charge in [-0.25, -0.2) is 4.98 Å². The molecule has 27 heavy (non-hydrogen) atoms. The minimum Gasteiger partial charge on any atom is -0.368 e. The summed E-state index contributed by atoms with van der Waals surface area (Å²) in [6.45, 7) is 6.42. The number of fused-ring (bicyclic) bond motifs is 1. The summed E-state index contributed by atoms with van der Waals surface area (Å²) in [7, 11) is 0. The lowest BCUT2D eigenvalue weighted by atomic mass is 10.1. The lowest BCUT2D eigenvalue weighted by Crippen LogP contribution is -2.48. The van der Waals surface area contributed by atoms with Gasteiger partial charge in [0, 0.05) is 49.8 Å². The Morgan fingerprint density at radius 1 is 0.926 bits per heavy atom. The lowest BCUT2D eigenvalue weighted by molar-refractivity contribution is 0.0741. The second kappa shape index (κ2) is 6.87. The molecule has 6 nitrogen and oxygen atoms in total. The molecule has 3 heterocycles. The van der Waals surface area contributed by atoms with Gasteiger partial charge in [-0.05, 0) is 49.7 Å². The molecule has 1 aromatic carbocycles. The maximum absolute atomic E-state index is 12.8. The van der Waals surface area contributed by atoms with E-state index in [1.54, 1.807) is 13.1 Å². The van der Waals surface area contributed by atoms with Gasteiger partial charge in [0.1, 0.15) is 11.3 Å². The molecule has 1 aliphatic heterocycles.